The van der Waals surface area contributed by atoms with Gasteiger partial charge in [0.2, 0.25) is 0 Å². The summed E-state index contributed by atoms with van der Waals surface area (Å²) in [6.45, 7) is 3.50. The van der Waals surface area contributed by atoms with Gasteiger partial charge in [-0.15, -0.1) is 0 Å². The van der Waals surface area contributed by atoms with Crippen LogP contribution in [0.5, 0.6) is 0 Å². The fraction of sp³-hybridized carbons (Fsp3) is 0.627. The standard InChI is InChI=1S/C51H80O11/c1-3-5-7-9-11-13-15-17-18-19-20-21-22-23-24-25-26-28-29-31-33-35-37-39-44(52)59-41-43(42-60-51-48(56)46(54)47(55)49(62-51)50(57)58)61-45(53)40-38-36-34-32-30-27-16-14-12-10-8-6-4-2/h5-8,11-14,17-18,20-21,27,30,34,36,43,46-49,51,54-56H,3-4,9-10,15-16,19,22-26,28-29,31-33,35,37-42H2,1-2H3,(H,57,58)/b7-5-,8-6-,13-11-,14-12-,18-17-,21-20-,30-27-,36-34-. The lowest BCUT2D eigenvalue weighted by atomic mass is 9.99. The number of aliphatic hydroxyl groups is 3. The number of allylic oxidation sites excluding steroid dienone is 16. The summed E-state index contributed by atoms with van der Waals surface area (Å²) in [7, 11) is 0. The summed E-state index contributed by atoms with van der Waals surface area (Å²) in [4.78, 5) is 36.8. The fourth-order valence-electron chi connectivity index (χ4n) is 6.35. The predicted molar refractivity (Wildman–Crippen MR) is 247 cm³/mol. The molecule has 0 bridgehead atoms. The van der Waals surface area contributed by atoms with Crippen LogP contribution in [-0.4, -0.2) is 88.4 Å². The van der Waals surface area contributed by atoms with Gasteiger partial charge in [-0.25, -0.2) is 4.79 Å². The van der Waals surface area contributed by atoms with E-state index in [0.717, 1.165) is 77.0 Å². The largest absolute Gasteiger partial charge is 0.479 e. The second-order valence-electron chi connectivity index (χ2n) is 15.5. The minimum atomic E-state index is -1.88. The Labute approximate surface area is 373 Å². The van der Waals surface area contributed by atoms with Crippen LogP contribution in [-0.2, 0) is 33.3 Å². The Kier molecular flexibility index (Phi) is 36.2. The van der Waals surface area contributed by atoms with E-state index in [0.29, 0.717) is 12.8 Å². The van der Waals surface area contributed by atoms with Crippen LogP contribution in [0.3, 0.4) is 0 Å². The number of carboxylic acids is 1. The van der Waals surface area contributed by atoms with Gasteiger partial charge in [-0.1, -0.05) is 162 Å². The molecule has 1 saturated heterocycles. The molecule has 0 radical (unpaired) electrons. The smallest absolute Gasteiger partial charge is 0.335 e. The Balaban J connectivity index is 2.34. The van der Waals surface area contributed by atoms with Crippen LogP contribution in [0.25, 0.3) is 0 Å². The molecular formula is C51H80O11. The lowest BCUT2D eigenvalue weighted by molar-refractivity contribution is -0.298. The highest BCUT2D eigenvalue weighted by Gasteiger charge is 2.47. The second kappa shape index (κ2) is 39.9. The van der Waals surface area contributed by atoms with Gasteiger partial charge in [0, 0.05) is 12.8 Å². The third kappa shape index (κ3) is 31.0. The molecule has 6 atom stereocenters. The van der Waals surface area contributed by atoms with Gasteiger partial charge in [-0.3, -0.25) is 9.59 Å². The number of unbranched alkanes of at least 4 members (excludes halogenated alkanes) is 10. The Hall–Kier alpha value is -3.87. The molecule has 0 aromatic rings. The van der Waals surface area contributed by atoms with Gasteiger partial charge in [-0.2, -0.15) is 0 Å². The first-order valence-electron chi connectivity index (χ1n) is 23.3. The molecule has 6 unspecified atom stereocenters. The molecule has 4 N–H and O–H groups in total. The number of rotatable bonds is 37. The highest BCUT2D eigenvalue weighted by atomic mass is 16.7. The van der Waals surface area contributed by atoms with Gasteiger partial charge in [0.1, 0.15) is 24.9 Å². The molecule has 0 aliphatic carbocycles. The predicted octanol–water partition coefficient (Wildman–Crippen LogP) is 10.4. The average Bonchev–Trinajstić information content (AvgIpc) is 3.26. The molecule has 11 nitrogen and oxygen atoms in total. The van der Waals surface area contributed by atoms with Gasteiger partial charge in [0.25, 0.3) is 0 Å². The third-order valence-corrected chi connectivity index (χ3v) is 9.94. The topological polar surface area (TPSA) is 169 Å². The Morgan fingerprint density at radius 3 is 1.42 bits per heavy atom. The van der Waals surface area contributed by atoms with Crippen molar-refractivity contribution >= 4 is 17.9 Å². The van der Waals surface area contributed by atoms with Gasteiger partial charge in [0.05, 0.1) is 6.61 Å². The number of aliphatic carboxylic acids is 1. The third-order valence-electron chi connectivity index (χ3n) is 9.94. The molecule has 62 heavy (non-hydrogen) atoms. The summed E-state index contributed by atoms with van der Waals surface area (Å²) in [5, 5.41) is 39.8. The number of carboxylic acid groups (broad SMARTS) is 1. The average molecular weight is 869 g/mol. The maximum Gasteiger partial charge on any atom is 0.335 e. The molecular weight excluding hydrogens is 789 g/mol. The Morgan fingerprint density at radius 2 is 0.935 bits per heavy atom. The molecule has 350 valence electrons. The van der Waals surface area contributed by atoms with Crippen LogP contribution < -0.4 is 0 Å². The zero-order chi connectivity index (χ0) is 45.3. The normalized spacial score (nSPS) is 20.4. The van der Waals surface area contributed by atoms with Gasteiger partial charge >= 0.3 is 17.9 Å². The van der Waals surface area contributed by atoms with Crippen molar-refractivity contribution in [2.24, 2.45) is 0 Å². The summed E-state index contributed by atoms with van der Waals surface area (Å²) in [6.07, 6.45) is 44.8. The van der Waals surface area contributed by atoms with Gasteiger partial charge in [0.15, 0.2) is 18.5 Å². The Bertz CT molecular complexity index is 1390. The molecule has 1 aliphatic rings. The SMILES string of the molecule is CC/C=C\C/C=C\C/C=C\C/C=C\CCCCCCCCCCCCC(=O)OCC(COC1OC(C(=O)O)C(O)C(O)C1O)OC(=O)CC/C=C\C/C=C\C/C=C\C/C=C\CC. The van der Waals surface area contributed by atoms with Crippen LogP contribution in [0.15, 0.2) is 97.2 Å². The molecule has 0 spiro atoms. The fourth-order valence-corrected chi connectivity index (χ4v) is 6.35. The van der Waals surface area contributed by atoms with Crippen molar-refractivity contribution in [3.8, 4) is 0 Å². The monoisotopic (exact) mass is 869 g/mol. The molecule has 0 aromatic carbocycles. The van der Waals surface area contributed by atoms with Crippen molar-refractivity contribution in [2.45, 2.75) is 192 Å². The summed E-state index contributed by atoms with van der Waals surface area (Å²) in [5.41, 5.74) is 0. The molecule has 0 saturated carbocycles. The number of carbonyl (C=O) groups excluding carboxylic acids is 2. The van der Waals surface area contributed by atoms with Crippen molar-refractivity contribution in [3.63, 3.8) is 0 Å². The molecule has 11 heteroatoms. The van der Waals surface area contributed by atoms with Crippen LogP contribution in [0.1, 0.15) is 155 Å². The Morgan fingerprint density at radius 1 is 0.500 bits per heavy atom. The lowest BCUT2D eigenvalue weighted by Gasteiger charge is -2.38. The van der Waals surface area contributed by atoms with E-state index >= 15 is 0 Å². The number of aliphatic hydroxyl groups excluding tert-OH is 3. The van der Waals surface area contributed by atoms with E-state index in [1.54, 1.807) is 0 Å². The number of carbonyl (C=O) groups is 3. The van der Waals surface area contributed by atoms with E-state index in [1.165, 1.54) is 38.5 Å². The molecule has 0 aromatic heterocycles. The van der Waals surface area contributed by atoms with Crippen molar-refractivity contribution in [1.29, 1.82) is 0 Å². The zero-order valence-corrected chi connectivity index (χ0v) is 37.8. The van der Waals surface area contributed by atoms with Crippen molar-refractivity contribution in [1.82, 2.24) is 0 Å². The van der Waals surface area contributed by atoms with Crippen molar-refractivity contribution < 1.29 is 53.8 Å². The maximum absolute atomic E-state index is 12.7. The van der Waals surface area contributed by atoms with Crippen LogP contribution >= 0.6 is 0 Å². The van der Waals surface area contributed by atoms with Crippen LogP contribution in [0.2, 0.25) is 0 Å². The molecule has 0 amide bonds. The van der Waals surface area contributed by atoms with Gasteiger partial charge < -0.3 is 39.4 Å². The van der Waals surface area contributed by atoms with Gasteiger partial charge in [-0.05, 0) is 77.0 Å². The molecule has 1 rings (SSSR count). The first-order chi connectivity index (χ1) is 30.2. The first-order valence-corrected chi connectivity index (χ1v) is 23.3. The summed E-state index contributed by atoms with van der Waals surface area (Å²) >= 11 is 0. The number of hydrogen-bond donors (Lipinski definition) is 4. The number of ether oxygens (including phenoxy) is 4. The summed E-state index contributed by atoms with van der Waals surface area (Å²) in [6, 6.07) is 0. The molecule has 1 fully saturated rings. The first kappa shape index (κ1) is 56.1. The molecule has 1 aliphatic heterocycles. The zero-order valence-electron chi connectivity index (χ0n) is 37.8. The molecule has 1 heterocycles. The van der Waals surface area contributed by atoms with E-state index in [9.17, 15) is 34.8 Å². The lowest BCUT2D eigenvalue weighted by Crippen LogP contribution is -2.60. The van der Waals surface area contributed by atoms with E-state index in [2.05, 4.69) is 92.8 Å². The minimum absolute atomic E-state index is 0.0555. The summed E-state index contributed by atoms with van der Waals surface area (Å²) in [5.74, 6) is -2.57. The van der Waals surface area contributed by atoms with Crippen LogP contribution in [0, 0.1) is 0 Å². The number of esters is 2. The van der Waals surface area contributed by atoms with Crippen molar-refractivity contribution in [2.75, 3.05) is 13.2 Å². The van der Waals surface area contributed by atoms with Crippen molar-refractivity contribution in [3.05, 3.63) is 97.2 Å². The summed E-state index contributed by atoms with van der Waals surface area (Å²) < 4.78 is 21.6. The van der Waals surface area contributed by atoms with E-state index in [-0.39, 0.29) is 19.4 Å². The van der Waals surface area contributed by atoms with E-state index in [1.807, 2.05) is 18.2 Å². The highest BCUT2D eigenvalue weighted by Crippen LogP contribution is 2.23. The van der Waals surface area contributed by atoms with E-state index in [4.69, 9.17) is 18.9 Å². The maximum atomic E-state index is 12.7. The minimum Gasteiger partial charge on any atom is -0.479 e. The number of hydrogen-bond acceptors (Lipinski definition) is 10. The quantitative estimate of drug-likeness (QED) is 0.0266. The highest BCUT2D eigenvalue weighted by molar-refractivity contribution is 5.73. The second-order valence-corrected chi connectivity index (χ2v) is 15.5. The van der Waals surface area contributed by atoms with Crippen LogP contribution in [0.4, 0.5) is 0 Å². The van der Waals surface area contributed by atoms with E-state index < -0.39 is 61.3 Å².